The summed E-state index contributed by atoms with van der Waals surface area (Å²) in [6.45, 7) is 15.4. The first-order valence-electron chi connectivity index (χ1n) is 13.3. The third-order valence-electron chi connectivity index (χ3n) is 7.43. The number of likely N-dealkylation sites (tertiary alicyclic amines) is 1. The predicted molar refractivity (Wildman–Crippen MR) is 153 cm³/mol. The molecule has 0 bridgehead atoms. The number of hydrogen-bond acceptors (Lipinski definition) is 7. The van der Waals surface area contributed by atoms with Crippen molar-refractivity contribution in [2.45, 2.75) is 52.9 Å². The Morgan fingerprint density at radius 2 is 1.76 bits per heavy atom. The Bertz CT molecular complexity index is 1270. The molecular formula is C30H38N4O2S. The van der Waals surface area contributed by atoms with Crippen LogP contribution in [0.1, 0.15) is 61.5 Å². The lowest BCUT2D eigenvalue weighted by molar-refractivity contribution is 0.0531. The van der Waals surface area contributed by atoms with Crippen LogP contribution < -0.4 is 10.2 Å². The van der Waals surface area contributed by atoms with Crippen LogP contribution in [0.5, 0.6) is 0 Å². The van der Waals surface area contributed by atoms with Gasteiger partial charge in [-0.3, -0.25) is 0 Å². The fourth-order valence-corrected chi connectivity index (χ4v) is 6.72. The molecule has 0 aliphatic carbocycles. The number of esters is 1. The van der Waals surface area contributed by atoms with E-state index >= 15 is 0 Å². The van der Waals surface area contributed by atoms with E-state index in [0.717, 1.165) is 37.6 Å². The Hall–Kier alpha value is -2.90. The normalized spacial score (nSPS) is 17.2. The van der Waals surface area contributed by atoms with Gasteiger partial charge >= 0.3 is 5.97 Å². The Balaban J connectivity index is 1.42. The lowest BCUT2D eigenvalue weighted by atomic mass is 9.74. The molecule has 196 valence electrons. The molecule has 2 aliphatic rings. The van der Waals surface area contributed by atoms with Crippen molar-refractivity contribution < 1.29 is 9.53 Å². The number of carbonyl (C=O) groups is 1. The molecule has 7 heteroatoms. The Morgan fingerprint density at radius 1 is 1.08 bits per heavy atom. The van der Waals surface area contributed by atoms with E-state index in [-0.39, 0.29) is 11.4 Å². The average molecular weight is 519 g/mol. The molecule has 2 aliphatic heterocycles. The number of aryl methyl sites for hydroxylation is 1. The van der Waals surface area contributed by atoms with Crippen LogP contribution in [0.15, 0.2) is 48.5 Å². The molecule has 0 saturated carbocycles. The standard InChI is InChI=1S/C30H38N4O2S/c1-6-36-27(35)26-21(2)31-28(37-26)32-23-12-8-10-14-25(23)34-20-30(22-11-7-9-13-24(22)34)15-17-33(18-16-30)19-29(3,4)5/h7-14H,6,15-20H2,1-5H3,(H,31,32). The molecule has 6 nitrogen and oxygen atoms in total. The number of nitrogens with one attached hydrogen (secondary N) is 1. The van der Waals surface area contributed by atoms with Gasteiger partial charge < -0.3 is 19.9 Å². The van der Waals surface area contributed by atoms with E-state index in [2.05, 4.69) is 83.3 Å². The largest absolute Gasteiger partial charge is 0.462 e. The summed E-state index contributed by atoms with van der Waals surface area (Å²) >= 11 is 1.34. The van der Waals surface area contributed by atoms with E-state index in [1.165, 1.54) is 35.4 Å². The molecule has 3 heterocycles. The number of carbonyl (C=O) groups excluding carboxylic acids is 1. The quantitative estimate of drug-likeness (QED) is 0.358. The zero-order chi connectivity index (χ0) is 26.2. The number of benzene rings is 2. The lowest BCUT2D eigenvalue weighted by Crippen LogP contribution is -2.46. The van der Waals surface area contributed by atoms with Gasteiger partial charge in [-0.05, 0) is 69.0 Å². The Morgan fingerprint density at radius 3 is 2.46 bits per heavy atom. The SMILES string of the molecule is CCOC(=O)c1sc(Nc2ccccc2N2CC3(CCN(CC(C)(C)C)CC3)c3ccccc32)nc1C. The number of piperidine rings is 1. The maximum atomic E-state index is 12.3. The summed E-state index contributed by atoms with van der Waals surface area (Å²) in [6.07, 6.45) is 2.33. The van der Waals surface area contributed by atoms with E-state index in [1.54, 1.807) is 0 Å². The average Bonchev–Trinajstić information content (AvgIpc) is 3.38. The van der Waals surface area contributed by atoms with Crippen LogP contribution in [-0.4, -0.2) is 48.6 Å². The number of ether oxygens (including phenoxy) is 1. The number of anilines is 4. The molecule has 1 fully saturated rings. The van der Waals surface area contributed by atoms with Crippen molar-refractivity contribution in [3.05, 3.63) is 64.7 Å². The fraction of sp³-hybridized carbons (Fsp3) is 0.467. The highest BCUT2D eigenvalue weighted by molar-refractivity contribution is 7.17. The zero-order valence-electron chi connectivity index (χ0n) is 22.6. The van der Waals surface area contributed by atoms with Crippen molar-refractivity contribution in [3.63, 3.8) is 0 Å². The van der Waals surface area contributed by atoms with E-state index in [1.807, 2.05) is 19.9 Å². The van der Waals surface area contributed by atoms with Gasteiger partial charge in [0.25, 0.3) is 0 Å². The second-order valence-electron chi connectivity index (χ2n) is 11.5. The molecule has 0 amide bonds. The van der Waals surface area contributed by atoms with Gasteiger partial charge in [0.05, 0.1) is 23.7 Å². The molecule has 1 saturated heterocycles. The van der Waals surface area contributed by atoms with Gasteiger partial charge in [0.1, 0.15) is 4.88 Å². The highest BCUT2D eigenvalue weighted by atomic mass is 32.1. The van der Waals surface area contributed by atoms with E-state index < -0.39 is 0 Å². The summed E-state index contributed by atoms with van der Waals surface area (Å²) in [6, 6.07) is 17.3. The van der Waals surface area contributed by atoms with Crippen LogP contribution in [-0.2, 0) is 10.2 Å². The summed E-state index contributed by atoms with van der Waals surface area (Å²) in [5.74, 6) is -0.313. The summed E-state index contributed by atoms with van der Waals surface area (Å²) < 4.78 is 5.21. The summed E-state index contributed by atoms with van der Waals surface area (Å²) in [5.41, 5.74) is 6.05. The van der Waals surface area contributed by atoms with Gasteiger partial charge in [0.2, 0.25) is 0 Å². The zero-order valence-corrected chi connectivity index (χ0v) is 23.5. The minimum Gasteiger partial charge on any atom is -0.462 e. The molecule has 2 aromatic carbocycles. The van der Waals surface area contributed by atoms with Gasteiger partial charge in [0, 0.05) is 24.2 Å². The highest BCUT2D eigenvalue weighted by Crippen LogP contribution is 2.51. The number of hydrogen-bond donors (Lipinski definition) is 1. The van der Waals surface area contributed by atoms with Crippen LogP contribution >= 0.6 is 11.3 Å². The first kappa shape index (κ1) is 25.7. The maximum Gasteiger partial charge on any atom is 0.350 e. The maximum absolute atomic E-state index is 12.3. The topological polar surface area (TPSA) is 57.7 Å². The van der Waals surface area contributed by atoms with Crippen LogP contribution in [0, 0.1) is 12.3 Å². The second-order valence-corrected chi connectivity index (χ2v) is 12.5. The second kappa shape index (κ2) is 10.1. The molecule has 0 radical (unpaired) electrons. The van der Waals surface area contributed by atoms with Crippen molar-refractivity contribution >= 4 is 39.5 Å². The van der Waals surface area contributed by atoms with Crippen LogP contribution in [0.2, 0.25) is 0 Å². The van der Waals surface area contributed by atoms with Crippen LogP contribution in [0.3, 0.4) is 0 Å². The van der Waals surface area contributed by atoms with E-state index in [0.29, 0.717) is 27.7 Å². The van der Waals surface area contributed by atoms with Crippen molar-refractivity contribution in [1.29, 1.82) is 0 Å². The highest BCUT2D eigenvalue weighted by Gasteiger charge is 2.45. The number of thiazole rings is 1. The first-order chi connectivity index (χ1) is 17.7. The van der Waals surface area contributed by atoms with Crippen molar-refractivity contribution in [1.82, 2.24) is 9.88 Å². The van der Waals surface area contributed by atoms with Gasteiger partial charge in [0.15, 0.2) is 5.13 Å². The fourth-order valence-electron chi connectivity index (χ4n) is 5.85. The van der Waals surface area contributed by atoms with Gasteiger partial charge in [-0.1, -0.05) is 62.4 Å². The van der Waals surface area contributed by atoms with Crippen molar-refractivity contribution in [3.8, 4) is 0 Å². The molecule has 0 atom stereocenters. The number of para-hydroxylation sites is 3. The van der Waals surface area contributed by atoms with Gasteiger partial charge in [-0.25, -0.2) is 9.78 Å². The summed E-state index contributed by atoms with van der Waals surface area (Å²) in [5, 5.41) is 4.21. The predicted octanol–water partition coefficient (Wildman–Crippen LogP) is 6.90. The number of aromatic nitrogens is 1. The smallest absolute Gasteiger partial charge is 0.350 e. The molecule has 3 aromatic rings. The Kier molecular flexibility index (Phi) is 7.03. The lowest BCUT2D eigenvalue weighted by Gasteiger charge is -2.42. The van der Waals surface area contributed by atoms with Crippen molar-refractivity contribution in [2.75, 3.05) is 43.0 Å². The van der Waals surface area contributed by atoms with Gasteiger partial charge in [-0.15, -0.1) is 0 Å². The van der Waals surface area contributed by atoms with Crippen LogP contribution in [0.25, 0.3) is 0 Å². The summed E-state index contributed by atoms with van der Waals surface area (Å²) in [7, 11) is 0. The number of fused-ring (bicyclic) bond motifs is 2. The molecule has 1 N–H and O–H groups in total. The molecule has 37 heavy (non-hydrogen) atoms. The third kappa shape index (κ3) is 5.25. The Labute approximate surface area is 224 Å². The monoisotopic (exact) mass is 518 g/mol. The third-order valence-corrected chi connectivity index (χ3v) is 8.48. The number of rotatable bonds is 6. The molecule has 1 aromatic heterocycles. The molecule has 1 spiro atoms. The number of nitrogens with zero attached hydrogens (tertiary/aromatic N) is 3. The van der Waals surface area contributed by atoms with Gasteiger partial charge in [-0.2, -0.15) is 0 Å². The minimum atomic E-state index is -0.313. The van der Waals surface area contributed by atoms with Crippen LogP contribution in [0.4, 0.5) is 22.2 Å². The first-order valence-corrected chi connectivity index (χ1v) is 14.1. The van der Waals surface area contributed by atoms with Crippen molar-refractivity contribution in [2.24, 2.45) is 5.41 Å². The molecule has 5 rings (SSSR count). The molecular weight excluding hydrogens is 480 g/mol. The molecule has 0 unspecified atom stereocenters. The van der Waals surface area contributed by atoms with E-state index in [4.69, 9.17) is 4.74 Å². The summed E-state index contributed by atoms with van der Waals surface area (Å²) in [4.78, 5) is 22.6. The minimum absolute atomic E-state index is 0.160. The van der Waals surface area contributed by atoms with E-state index in [9.17, 15) is 4.79 Å².